The zero-order chi connectivity index (χ0) is 12.5. The first-order valence-electron chi connectivity index (χ1n) is 5.44. The predicted octanol–water partition coefficient (Wildman–Crippen LogP) is 2.19. The first-order valence-corrected chi connectivity index (χ1v) is 5.97. The zero-order valence-electron chi connectivity index (χ0n) is 9.90. The van der Waals surface area contributed by atoms with Gasteiger partial charge in [-0.1, -0.05) is 6.07 Å². The Balaban J connectivity index is 2.83. The van der Waals surface area contributed by atoms with Crippen molar-refractivity contribution in [2.75, 3.05) is 31.7 Å². The van der Waals surface area contributed by atoms with Crippen LogP contribution in [0.3, 0.4) is 0 Å². The second-order valence-corrected chi connectivity index (χ2v) is 3.77. The molecule has 0 N–H and O–H groups in total. The fraction of sp³-hybridized carbons (Fsp3) is 0.500. The van der Waals surface area contributed by atoms with E-state index >= 15 is 0 Å². The third kappa shape index (κ3) is 4.22. The van der Waals surface area contributed by atoms with Crippen molar-refractivity contribution in [3.05, 3.63) is 23.9 Å². The minimum absolute atomic E-state index is 0.416. The first-order chi connectivity index (χ1) is 8.33. The largest absolute Gasteiger partial charge is 0.383 e. The molecule has 0 spiro atoms. The van der Waals surface area contributed by atoms with Gasteiger partial charge in [0, 0.05) is 32.0 Å². The highest BCUT2D eigenvalue weighted by molar-refractivity contribution is 6.17. The number of hydrogen-bond acceptors (Lipinski definition) is 4. The van der Waals surface area contributed by atoms with Crippen molar-refractivity contribution < 1.29 is 4.74 Å². The van der Waals surface area contributed by atoms with Crippen LogP contribution in [0.2, 0.25) is 0 Å². The van der Waals surface area contributed by atoms with Gasteiger partial charge in [-0.05, 0) is 6.07 Å². The average Bonchev–Trinajstić information content (AvgIpc) is 2.39. The van der Waals surface area contributed by atoms with Crippen molar-refractivity contribution in [3.63, 3.8) is 0 Å². The van der Waals surface area contributed by atoms with Gasteiger partial charge in [-0.25, -0.2) is 4.98 Å². The number of nitrogens with zero attached hydrogens (tertiary/aromatic N) is 3. The molecule has 17 heavy (non-hydrogen) atoms. The molecule has 5 heteroatoms. The first kappa shape index (κ1) is 13.8. The summed E-state index contributed by atoms with van der Waals surface area (Å²) in [6.07, 6.45) is 2.19. The molecule has 92 valence electrons. The molecule has 0 saturated carbocycles. The van der Waals surface area contributed by atoms with Crippen molar-refractivity contribution >= 4 is 17.4 Å². The van der Waals surface area contributed by atoms with Crippen LogP contribution in [0.4, 0.5) is 5.82 Å². The van der Waals surface area contributed by atoms with Crippen molar-refractivity contribution in [1.29, 1.82) is 5.26 Å². The lowest BCUT2D eigenvalue weighted by Crippen LogP contribution is -2.29. The number of alkyl halides is 1. The minimum atomic E-state index is 0.416. The number of hydrogen-bond donors (Lipinski definition) is 0. The van der Waals surface area contributed by atoms with Crippen LogP contribution in [-0.4, -0.2) is 31.8 Å². The number of pyridine rings is 1. The molecule has 0 saturated heterocycles. The van der Waals surface area contributed by atoms with Crippen LogP contribution in [0.1, 0.15) is 12.0 Å². The molecule has 0 bridgehead atoms. The molecular weight excluding hydrogens is 238 g/mol. The van der Waals surface area contributed by atoms with Gasteiger partial charge in [-0.15, -0.1) is 11.6 Å². The summed E-state index contributed by atoms with van der Waals surface area (Å²) in [5.41, 5.74) is 0.975. The van der Waals surface area contributed by atoms with E-state index in [1.807, 2.05) is 17.0 Å². The summed E-state index contributed by atoms with van der Waals surface area (Å²) >= 11 is 5.88. The van der Waals surface area contributed by atoms with Crippen molar-refractivity contribution in [1.82, 2.24) is 4.98 Å². The molecule has 0 fully saturated rings. The predicted molar refractivity (Wildman–Crippen MR) is 68.1 cm³/mol. The van der Waals surface area contributed by atoms with Crippen LogP contribution in [0.25, 0.3) is 0 Å². The van der Waals surface area contributed by atoms with Gasteiger partial charge < -0.3 is 9.64 Å². The van der Waals surface area contributed by atoms with E-state index in [9.17, 15) is 0 Å². The lowest BCUT2D eigenvalue weighted by Gasteiger charge is -2.24. The summed E-state index contributed by atoms with van der Waals surface area (Å²) in [5.74, 6) is 1.26. The molecule has 4 nitrogen and oxygen atoms in total. The lowest BCUT2D eigenvalue weighted by atomic mass is 10.2. The molecule has 0 aliphatic carbocycles. The second-order valence-electron chi connectivity index (χ2n) is 3.51. The van der Waals surface area contributed by atoms with E-state index in [4.69, 9.17) is 21.6 Å². The number of aromatic nitrogens is 1. The van der Waals surface area contributed by atoms with Gasteiger partial charge in [0.05, 0.1) is 25.0 Å². The Kier molecular flexibility index (Phi) is 6.38. The van der Waals surface area contributed by atoms with E-state index in [1.165, 1.54) is 0 Å². The SMILES string of the molecule is COCCN(CCC#N)c1ncccc1CCl. The number of rotatable bonds is 7. The van der Waals surface area contributed by atoms with Crippen LogP contribution in [0.5, 0.6) is 0 Å². The highest BCUT2D eigenvalue weighted by Gasteiger charge is 2.11. The van der Waals surface area contributed by atoms with E-state index in [0.717, 1.165) is 11.4 Å². The van der Waals surface area contributed by atoms with Gasteiger partial charge in [0.1, 0.15) is 5.82 Å². The fourth-order valence-corrected chi connectivity index (χ4v) is 1.74. The van der Waals surface area contributed by atoms with Crippen LogP contribution in [-0.2, 0) is 10.6 Å². The molecule has 0 atom stereocenters. The quantitative estimate of drug-likeness (QED) is 0.699. The van der Waals surface area contributed by atoms with Crippen molar-refractivity contribution in [2.24, 2.45) is 0 Å². The Labute approximate surface area is 107 Å². The molecule has 0 unspecified atom stereocenters. The van der Waals surface area contributed by atoms with Crippen molar-refractivity contribution in [3.8, 4) is 6.07 Å². The maximum Gasteiger partial charge on any atom is 0.133 e. The zero-order valence-corrected chi connectivity index (χ0v) is 10.7. The summed E-state index contributed by atoms with van der Waals surface area (Å²) in [6.45, 7) is 1.95. The van der Waals surface area contributed by atoms with Crippen LogP contribution in [0.15, 0.2) is 18.3 Å². The molecule has 0 aliphatic heterocycles. The smallest absolute Gasteiger partial charge is 0.133 e. The number of anilines is 1. The minimum Gasteiger partial charge on any atom is -0.383 e. The van der Waals surface area contributed by atoms with E-state index in [2.05, 4.69) is 11.1 Å². The highest BCUT2D eigenvalue weighted by atomic mass is 35.5. The molecule has 0 aliphatic rings. The van der Waals surface area contributed by atoms with Crippen molar-refractivity contribution in [2.45, 2.75) is 12.3 Å². The highest BCUT2D eigenvalue weighted by Crippen LogP contribution is 2.19. The Hall–Kier alpha value is -1.31. The molecule has 1 heterocycles. The molecule has 1 aromatic rings. The average molecular weight is 254 g/mol. The summed E-state index contributed by atoms with van der Waals surface area (Å²) in [7, 11) is 1.66. The lowest BCUT2D eigenvalue weighted by molar-refractivity contribution is 0.205. The number of ether oxygens (including phenoxy) is 1. The van der Waals surface area contributed by atoms with Gasteiger partial charge in [0.25, 0.3) is 0 Å². The topological polar surface area (TPSA) is 49.1 Å². The maximum absolute atomic E-state index is 8.66. The monoisotopic (exact) mass is 253 g/mol. The standard InChI is InChI=1S/C12H16ClN3O/c1-17-9-8-16(7-3-5-14)12-11(10-13)4-2-6-15-12/h2,4,6H,3,7-10H2,1H3. The molecule has 1 aromatic heterocycles. The number of nitriles is 1. The maximum atomic E-state index is 8.66. The Morgan fingerprint density at radius 2 is 2.35 bits per heavy atom. The molecule has 0 radical (unpaired) electrons. The fourth-order valence-electron chi connectivity index (χ4n) is 1.53. The van der Waals surface area contributed by atoms with E-state index in [-0.39, 0.29) is 0 Å². The summed E-state index contributed by atoms with van der Waals surface area (Å²) < 4.78 is 5.06. The Bertz CT molecular complexity index is 378. The molecular formula is C12H16ClN3O. The molecule has 0 aromatic carbocycles. The van der Waals surface area contributed by atoms with Gasteiger partial charge in [0.15, 0.2) is 0 Å². The number of methoxy groups -OCH3 is 1. The van der Waals surface area contributed by atoms with Crippen LogP contribution < -0.4 is 4.90 Å². The van der Waals surface area contributed by atoms with E-state index in [1.54, 1.807) is 13.3 Å². The van der Waals surface area contributed by atoms with Gasteiger partial charge >= 0.3 is 0 Å². The Morgan fingerprint density at radius 1 is 1.53 bits per heavy atom. The third-order valence-electron chi connectivity index (χ3n) is 2.37. The molecule has 0 amide bonds. The summed E-state index contributed by atoms with van der Waals surface area (Å²) in [6, 6.07) is 5.95. The Morgan fingerprint density at radius 3 is 3.00 bits per heavy atom. The summed E-state index contributed by atoms with van der Waals surface area (Å²) in [4.78, 5) is 6.36. The van der Waals surface area contributed by atoms with E-state index in [0.29, 0.717) is 32.0 Å². The summed E-state index contributed by atoms with van der Waals surface area (Å²) in [5, 5.41) is 8.66. The van der Waals surface area contributed by atoms with E-state index < -0.39 is 0 Å². The van der Waals surface area contributed by atoms with Gasteiger partial charge in [-0.3, -0.25) is 0 Å². The van der Waals surface area contributed by atoms with Gasteiger partial charge in [0.2, 0.25) is 0 Å². The second kappa shape index (κ2) is 7.88. The normalized spacial score (nSPS) is 9.94. The third-order valence-corrected chi connectivity index (χ3v) is 2.66. The van der Waals surface area contributed by atoms with Crippen LogP contribution in [0, 0.1) is 11.3 Å². The number of halogens is 1. The van der Waals surface area contributed by atoms with Gasteiger partial charge in [-0.2, -0.15) is 5.26 Å². The van der Waals surface area contributed by atoms with Crippen LogP contribution >= 0.6 is 11.6 Å². The molecule has 1 rings (SSSR count).